The monoisotopic (exact) mass is 400 g/mol. The Morgan fingerprint density at radius 2 is 2.29 bits per heavy atom. The van der Waals surface area contributed by atoms with Crippen LogP contribution in [0.25, 0.3) is 0 Å². The summed E-state index contributed by atoms with van der Waals surface area (Å²) in [5.41, 5.74) is 2.88. The highest BCUT2D eigenvalue weighted by Crippen LogP contribution is 2.29. The summed E-state index contributed by atoms with van der Waals surface area (Å²) in [6.45, 7) is 1.81. The van der Waals surface area contributed by atoms with Gasteiger partial charge in [0.25, 0.3) is 0 Å². The summed E-state index contributed by atoms with van der Waals surface area (Å²) in [7, 11) is 0. The number of carbonyl (C=O) groups is 1. The fourth-order valence-electron chi connectivity index (χ4n) is 3.76. The highest BCUT2D eigenvalue weighted by Gasteiger charge is 2.23. The summed E-state index contributed by atoms with van der Waals surface area (Å²) in [5.74, 6) is 0.215. The Bertz CT molecular complexity index is 894. The van der Waals surface area contributed by atoms with Gasteiger partial charge in [0.15, 0.2) is 0 Å². The maximum Gasteiger partial charge on any atom is 0.349 e. The molecule has 8 heteroatoms. The molecule has 1 aliphatic carbocycles. The van der Waals surface area contributed by atoms with E-state index in [0.717, 1.165) is 55.5 Å². The van der Waals surface area contributed by atoms with Gasteiger partial charge in [-0.15, -0.1) is 0 Å². The maximum atomic E-state index is 12.6. The predicted octanol–water partition coefficient (Wildman–Crippen LogP) is 1.56. The van der Waals surface area contributed by atoms with Crippen LogP contribution in [0.2, 0.25) is 0 Å². The third-order valence-electron chi connectivity index (χ3n) is 5.16. The number of hydrogen-bond donors (Lipinski definition) is 1. The van der Waals surface area contributed by atoms with Gasteiger partial charge in [-0.1, -0.05) is 17.8 Å². The molecule has 0 radical (unpaired) electrons. The van der Waals surface area contributed by atoms with Crippen molar-refractivity contribution in [2.24, 2.45) is 0 Å². The molecule has 1 N–H and O–H groups in total. The summed E-state index contributed by atoms with van der Waals surface area (Å²) in [5, 5.41) is 3.62. The average molecular weight is 401 g/mol. The largest absolute Gasteiger partial charge is 0.376 e. The van der Waals surface area contributed by atoms with Crippen molar-refractivity contribution < 1.29 is 9.53 Å². The molecule has 2 aromatic rings. The van der Waals surface area contributed by atoms with Crippen molar-refractivity contribution in [3.63, 3.8) is 0 Å². The minimum Gasteiger partial charge on any atom is -0.376 e. The second kappa shape index (κ2) is 8.87. The van der Waals surface area contributed by atoms with Gasteiger partial charge in [0.05, 0.1) is 18.4 Å². The number of aromatic nitrogens is 3. The van der Waals surface area contributed by atoms with E-state index in [2.05, 4.69) is 15.3 Å². The van der Waals surface area contributed by atoms with Crippen LogP contribution in [0, 0.1) is 0 Å². The number of nitrogens with zero attached hydrogens (tertiary/aromatic N) is 3. The minimum absolute atomic E-state index is 0.0476. The zero-order chi connectivity index (χ0) is 19.3. The van der Waals surface area contributed by atoms with Crippen LogP contribution < -0.4 is 11.0 Å². The van der Waals surface area contributed by atoms with Crippen molar-refractivity contribution in [2.45, 2.75) is 49.8 Å². The van der Waals surface area contributed by atoms with Crippen molar-refractivity contribution in [1.82, 2.24) is 19.9 Å². The van der Waals surface area contributed by atoms with E-state index < -0.39 is 0 Å². The van der Waals surface area contributed by atoms with Gasteiger partial charge in [0, 0.05) is 36.8 Å². The number of ether oxygens (including phenoxy) is 1. The minimum atomic E-state index is -0.258. The number of fused-ring (bicyclic) bond motifs is 1. The molecule has 0 bridgehead atoms. The van der Waals surface area contributed by atoms with Crippen LogP contribution in [0.3, 0.4) is 0 Å². The molecule has 7 nitrogen and oxygen atoms in total. The number of thioether (sulfide) groups is 1. The van der Waals surface area contributed by atoms with E-state index in [0.29, 0.717) is 18.1 Å². The Morgan fingerprint density at radius 1 is 1.36 bits per heavy atom. The summed E-state index contributed by atoms with van der Waals surface area (Å²) in [4.78, 5) is 33.2. The van der Waals surface area contributed by atoms with Gasteiger partial charge in [-0.3, -0.25) is 14.3 Å². The first-order valence-electron chi connectivity index (χ1n) is 9.73. The lowest BCUT2D eigenvalue weighted by atomic mass is 10.2. The number of nitrogens with one attached hydrogen (secondary N) is 1. The molecule has 3 heterocycles. The van der Waals surface area contributed by atoms with Crippen molar-refractivity contribution in [3.05, 3.63) is 51.8 Å². The highest BCUT2D eigenvalue weighted by atomic mass is 32.2. The molecule has 4 rings (SSSR count). The van der Waals surface area contributed by atoms with Crippen LogP contribution >= 0.6 is 11.8 Å². The van der Waals surface area contributed by atoms with Crippen molar-refractivity contribution in [3.8, 4) is 0 Å². The molecule has 0 saturated carbocycles. The van der Waals surface area contributed by atoms with Crippen molar-refractivity contribution in [2.75, 3.05) is 18.9 Å². The Kier molecular flexibility index (Phi) is 6.07. The molecule has 0 spiro atoms. The van der Waals surface area contributed by atoms with Crippen LogP contribution in [-0.2, 0) is 28.9 Å². The predicted molar refractivity (Wildman–Crippen MR) is 107 cm³/mol. The van der Waals surface area contributed by atoms with Gasteiger partial charge >= 0.3 is 5.69 Å². The number of rotatable bonds is 7. The van der Waals surface area contributed by atoms with Gasteiger partial charge in [-0.2, -0.15) is 4.98 Å². The molecular formula is C20H24N4O3S. The Balaban J connectivity index is 1.43. The molecule has 1 fully saturated rings. The Morgan fingerprint density at radius 3 is 3.07 bits per heavy atom. The van der Waals surface area contributed by atoms with E-state index in [4.69, 9.17) is 4.74 Å². The van der Waals surface area contributed by atoms with Crippen molar-refractivity contribution in [1.29, 1.82) is 0 Å². The lowest BCUT2D eigenvalue weighted by Gasteiger charge is -2.14. The SMILES string of the molecule is O=C(CSc1nc(=O)n(Cc2cccnc2)c2c1CCC2)NCC1CCCO1. The zero-order valence-electron chi connectivity index (χ0n) is 15.7. The highest BCUT2D eigenvalue weighted by molar-refractivity contribution is 7.99. The van der Waals surface area contributed by atoms with Gasteiger partial charge in [0.2, 0.25) is 5.91 Å². The van der Waals surface area contributed by atoms with Crippen LogP contribution in [-0.4, -0.2) is 45.5 Å². The Labute approximate surface area is 167 Å². The van der Waals surface area contributed by atoms with Crippen LogP contribution in [0.5, 0.6) is 0 Å². The second-order valence-corrected chi connectivity index (χ2v) is 8.12. The van der Waals surface area contributed by atoms with Crippen LogP contribution in [0.4, 0.5) is 0 Å². The molecule has 148 valence electrons. The normalized spacial score (nSPS) is 18.2. The fourth-order valence-corrected chi connectivity index (χ4v) is 4.67. The molecule has 1 aliphatic heterocycles. The molecule has 2 aromatic heterocycles. The topological polar surface area (TPSA) is 86.1 Å². The molecule has 1 saturated heterocycles. The van der Waals surface area contributed by atoms with Crippen LogP contribution in [0.1, 0.15) is 36.1 Å². The average Bonchev–Trinajstić information content (AvgIpc) is 3.40. The molecule has 2 aliphatic rings. The number of amides is 1. The quantitative estimate of drug-likeness (QED) is 0.561. The summed E-state index contributed by atoms with van der Waals surface area (Å²) < 4.78 is 7.27. The van der Waals surface area contributed by atoms with E-state index in [1.807, 2.05) is 12.1 Å². The first-order valence-corrected chi connectivity index (χ1v) is 10.7. The van der Waals surface area contributed by atoms with E-state index in [9.17, 15) is 9.59 Å². The molecule has 1 amide bonds. The molecule has 1 atom stereocenters. The Hall–Kier alpha value is -2.19. The first kappa shape index (κ1) is 19.1. The van der Waals surface area contributed by atoms with E-state index in [1.165, 1.54) is 11.8 Å². The fraction of sp³-hybridized carbons (Fsp3) is 0.500. The smallest absolute Gasteiger partial charge is 0.349 e. The lowest BCUT2D eigenvalue weighted by Crippen LogP contribution is -2.33. The molecular weight excluding hydrogens is 376 g/mol. The third-order valence-corrected chi connectivity index (χ3v) is 6.17. The standard InChI is InChI=1S/C20H24N4O3S/c25-18(22-11-15-5-3-9-27-15)13-28-19-16-6-1-7-17(16)24(20(26)23-19)12-14-4-2-8-21-10-14/h2,4,8,10,15H,1,3,5-7,9,11-13H2,(H,22,25). The summed E-state index contributed by atoms with van der Waals surface area (Å²) >= 11 is 1.36. The number of hydrogen-bond acceptors (Lipinski definition) is 6. The zero-order valence-corrected chi connectivity index (χ0v) is 16.5. The third kappa shape index (κ3) is 4.44. The lowest BCUT2D eigenvalue weighted by molar-refractivity contribution is -0.119. The van der Waals surface area contributed by atoms with E-state index in [1.54, 1.807) is 17.0 Å². The van der Waals surface area contributed by atoms with E-state index >= 15 is 0 Å². The van der Waals surface area contributed by atoms with Crippen molar-refractivity contribution >= 4 is 17.7 Å². The van der Waals surface area contributed by atoms with Gasteiger partial charge in [0.1, 0.15) is 5.03 Å². The summed E-state index contributed by atoms with van der Waals surface area (Å²) in [6.07, 6.45) is 8.45. The molecule has 28 heavy (non-hydrogen) atoms. The van der Waals surface area contributed by atoms with Gasteiger partial charge in [-0.25, -0.2) is 4.79 Å². The second-order valence-electron chi connectivity index (χ2n) is 7.15. The number of pyridine rings is 1. The maximum absolute atomic E-state index is 12.6. The van der Waals surface area contributed by atoms with Gasteiger partial charge < -0.3 is 10.1 Å². The first-order chi connectivity index (χ1) is 13.7. The van der Waals surface area contributed by atoms with Crippen LogP contribution in [0.15, 0.2) is 34.3 Å². The summed E-state index contributed by atoms with van der Waals surface area (Å²) in [6, 6.07) is 3.83. The molecule has 1 unspecified atom stereocenters. The number of carbonyl (C=O) groups excluding carboxylic acids is 1. The molecule has 0 aromatic carbocycles. The van der Waals surface area contributed by atoms with Gasteiger partial charge in [-0.05, 0) is 43.7 Å². The van der Waals surface area contributed by atoms with E-state index in [-0.39, 0.29) is 23.5 Å².